The zero-order valence-corrected chi connectivity index (χ0v) is 17.0. The van der Waals surface area contributed by atoms with Gasteiger partial charge in [-0.3, -0.25) is 4.79 Å². The molecule has 30 heavy (non-hydrogen) atoms. The molecule has 0 unspecified atom stereocenters. The van der Waals surface area contributed by atoms with Gasteiger partial charge in [0.15, 0.2) is 0 Å². The van der Waals surface area contributed by atoms with E-state index >= 15 is 0 Å². The molecule has 0 spiro atoms. The van der Waals surface area contributed by atoms with Crippen LogP contribution in [0.4, 0.5) is 4.79 Å². The summed E-state index contributed by atoms with van der Waals surface area (Å²) in [4.78, 5) is 25.1. The van der Waals surface area contributed by atoms with E-state index in [2.05, 4.69) is 10.6 Å². The average molecular weight is 402 g/mol. The van der Waals surface area contributed by atoms with E-state index in [1.807, 2.05) is 91.9 Å². The number of nitrogens with one attached hydrogen (secondary N) is 2. The predicted molar refractivity (Wildman–Crippen MR) is 117 cm³/mol. The third-order valence-electron chi connectivity index (χ3n) is 4.69. The highest BCUT2D eigenvalue weighted by atomic mass is 16.5. The Hall–Kier alpha value is -3.60. The molecule has 3 rings (SSSR count). The number of alkyl carbamates (subject to hydrolysis) is 1. The highest BCUT2D eigenvalue weighted by Crippen LogP contribution is 2.07. The summed E-state index contributed by atoms with van der Waals surface area (Å²) in [5.74, 6) is -0.254. The summed E-state index contributed by atoms with van der Waals surface area (Å²) >= 11 is 0. The molecular formula is C25H26N2O3. The Kier molecular flexibility index (Phi) is 7.61. The number of benzene rings is 3. The van der Waals surface area contributed by atoms with Crippen molar-refractivity contribution in [1.29, 1.82) is 0 Å². The van der Waals surface area contributed by atoms with Gasteiger partial charge in [0.25, 0.3) is 0 Å². The van der Waals surface area contributed by atoms with E-state index in [-0.39, 0.29) is 12.5 Å². The molecule has 5 heteroatoms. The van der Waals surface area contributed by atoms with Crippen LogP contribution in [0.15, 0.2) is 84.9 Å². The molecule has 0 aliphatic carbocycles. The van der Waals surface area contributed by atoms with Crippen LogP contribution in [0.5, 0.6) is 0 Å². The van der Waals surface area contributed by atoms with Crippen LogP contribution >= 0.6 is 0 Å². The van der Waals surface area contributed by atoms with Crippen LogP contribution < -0.4 is 10.6 Å². The molecule has 2 N–H and O–H groups in total. The molecule has 0 heterocycles. The first-order chi connectivity index (χ1) is 14.6. The second kappa shape index (κ2) is 10.8. The van der Waals surface area contributed by atoms with Gasteiger partial charge in [0.05, 0.1) is 0 Å². The molecule has 3 aromatic carbocycles. The molecule has 0 radical (unpaired) electrons. The van der Waals surface area contributed by atoms with E-state index in [1.54, 1.807) is 0 Å². The summed E-state index contributed by atoms with van der Waals surface area (Å²) in [6.45, 7) is 2.56. The number of carbonyl (C=O) groups is 2. The van der Waals surface area contributed by atoms with Crippen molar-refractivity contribution in [3.05, 3.63) is 107 Å². The van der Waals surface area contributed by atoms with Gasteiger partial charge in [-0.25, -0.2) is 4.79 Å². The maximum Gasteiger partial charge on any atom is 0.408 e. The maximum atomic E-state index is 12.8. The van der Waals surface area contributed by atoms with Crippen molar-refractivity contribution in [3.8, 4) is 0 Å². The van der Waals surface area contributed by atoms with Crippen LogP contribution in [-0.4, -0.2) is 18.0 Å². The van der Waals surface area contributed by atoms with Gasteiger partial charge in [-0.1, -0.05) is 90.5 Å². The highest BCUT2D eigenvalue weighted by molar-refractivity contribution is 5.85. The smallest absolute Gasteiger partial charge is 0.408 e. The molecular weight excluding hydrogens is 376 g/mol. The van der Waals surface area contributed by atoms with Crippen LogP contribution in [0.3, 0.4) is 0 Å². The van der Waals surface area contributed by atoms with Crippen molar-refractivity contribution in [2.24, 2.45) is 0 Å². The van der Waals surface area contributed by atoms with Gasteiger partial charge in [0.2, 0.25) is 5.91 Å². The number of amides is 2. The van der Waals surface area contributed by atoms with Gasteiger partial charge in [-0.15, -0.1) is 0 Å². The molecule has 0 fully saturated rings. The van der Waals surface area contributed by atoms with Gasteiger partial charge in [0, 0.05) is 13.0 Å². The van der Waals surface area contributed by atoms with Crippen molar-refractivity contribution in [3.63, 3.8) is 0 Å². The second-order valence-electron chi connectivity index (χ2n) is 7.15. The first-order valence-electron chi connectivity index (χ1n) is 9.94. The van der Waals surface area contributed by atoms with Crippen LogP contribution in [-0.2, 0) is 29.1 Å². The van der Waals surface area contributed by atoms with E-state index in [0.29, 0.717) is 13.0 Å². The predicted octanol–water partition coefficient (Wildman–Crippen LogP) is 4.15. The number of aryl methyl sites for hydroxylation is 1. The SMILES string of the molecule is Cc1ccc(CNC(=O)[C@H](Cc2ccccc2)NC(=O)OCc2ccccc2)cc1. The minimum atomic E-state index is -0.735. The van der Waals surface area contributed by atoms with Crippen molar-refractivity contribution in [2.75, 3.05) is 0 Å². The molecule has 2 amide bonds. The molecule has 1 atom stereocenters. The first-order valence-corrected chi connectivity index (χ1v) is 9.94. The Morgan fingerprint density at radius 1 is 0.800 bits per heavy atom. The second-order valence-corrected chi connectivity index (χ2v) is 7.15. The van der Waals surface area contributed by atoms with Crippen molar-refractivity contribution < 1.29 is 14.3 Å². The highest BCUT2D eigenvalue weighted by Gasteiger charge is 2.22. The van der Waals surface area contributed by atoms with Gasteiger partial charge < -0.3 is 15.4 Å². The maximum absolute atomic E-state index is 12.8. The van der Waals surface area contributed by atoms with E-state index in [4.69, 9.17) is 4.74 Å². The van der Waals surface area contributed by atoms with Crippen LogP contribution in [0, 0.1) is 6.92 Å². The molecule has 5 nitrogen and oxygen atoms in total. The summed E-state index contributed by atoms with van der Waals surface area (Å²) in [6.07, 6.45) is -0.244. The summed E-state index contributed by atoms with van der Waals surface area (Å²) in [6, 6.07) is 26.2. The average Bonchev–Trinajstić information content (AvgIpc) is 2.78. The number of rotatable bonds is 8. The summed E-state index contributed by atoms with van der Waals surface area (Å²) in [5, 5.41) is 5.62. The lowest BCUT2D eigenvalue weighted by Gasteiger charge is -2.19. The Bertz CT molecular complexity index is 941. The standard InChI is InChI=1S/C25H26N2O3/c1-19-12-14-21(15-13-19)17-26-24(28)23(16-20-8-4-2-5-9-20)27-25(29)30-18-22-10-6-3-7-11-22/h2-15,23H,16-18H2,1H3,(H,26,28)(H,27,29)/t23-/m0/s1. The van der Waals surface area contributed by atoms with Gasteiger partial charge in [-0.05, 0) is 23.6 Å². The largest absolute Gasteiger partial charge is 0.445 e. The number of ether oxygens (including phenoxy) is 1. The molecule has 0 saturated carbocycles. The Morgan fingerprint density at radius 3 is 2.03 bits per heavy atom. The Morgan fingerprint density at radius 2 is 1.40 bits per heavy atom. The lowest BCUT2D eigenvalue weighted by atomic mass is 10.1. The fourth-order valence-electron chi connectivity index (χ4n) is 2.98. The molecule has 154 valence electrons. The van der Waals surface area contributed by atoms with Gasteiger partial charge in [0.1, 0.15) is 12.6 Å². The molecule has 0 aliphatic heterocycles. The van der Waals surface area contributed by atoms with Gasteiger partial charge in [-0.2, -0.15) is 0 Å². The van der Waals surface area contributed by atoms with Crippen molar-refractivity contribution in [2.45, 2.75) is 32.5 Å². The van der Waals surface area contributed by atoms with E-state index in [0.717, 1.165) is 22.3 Å². The number of carbonyl (C=O) groups excluding carboxylic acids is 2. The van der Waals surface area contributed by atoms with Crippen molar-refractivity contribution in [1.82, 2.24) is 10.6 Å². The third kappa shape index (κ3) is 6.78. The van der Waals surface area contributed by atoms with Crippen molar-refractivity contribution >= 4 is 12.0 Å². The first kappa shape index (κ1) is 21.1. The number of hydrogen-bond acceptors (Lipinski definition) is 3. The summed E-state index contributed by atoms with van der Waals surface area (Å²) < 4.78 is 5.29. The minimum Gasteiger partial charge on any atom is -0.445 e. The monoisotopic (exact) mass is 402 g/mol. The van der Waals surface area contributed by atoms with E-state index < -0.39 is 12.1 Å². The summed E-state index contributed by atoms with van der Waals surface area (Å²) in [7, 11) is 0. The van der Waals surface area contributed by atoms with E-state index in [1.165, 1.54) is 0 Å². The fourth-order valence-corrected chi connectivity index (χ4v) is 2.98. The van der Waals surface area contributed by atoms with Crippen LogP contribution in [0.2, 0.25) is 0 Å². The molecule has 0 bridgehead atoms. The zero-order chi connectivity index (χ0) is 21.2. The Balaban J connectivity index is 1.60. The molecule has 0 aromatic heterocycles. The lowest BCUT2D eigenvalue weighted by molar-refractivity contribution is -0.123. The lowest BCUT2D eigenvalue weighted by Crippen LogP contribution is -2.48. The molecule has 0 aliphatic rings. The third-order valence-corrected chi connectivity index (χ3v) is 4.69. The Labute approximate surface area is 177 Å². The van der Waals surface area contributed by atoms with Gasteiger partial charge >= 0.3 is 6.09 Å². The fraction of sp³-hybridized carbons (Fsp3) is 0.200. The molecule has 0 saturated heterocycles. The normalized spacial score (nSPS) is 11.4. The minimum absolute atomic E-state index is 0.149. The zero-order valence-electron chi connectivity index (χ0n) is 17.0. The topological polar surface area (TPSA) is 67.4 Å². The summed E-state index contributed by atoms with van der Waals surface area (Å²) in [5.41, 5.74) is 4.00. The number of hydrogen-bond donors (Lipinski definition) is 2. The van der Waals surface area contributed by atoms with Crippen LogP contribution in [0.25, 0.3) is 0 Å². The molecule has 3 aromatic rings. The van der Waals surface area contributed by atoms with Crippen LogP contribution in [0.1, 0.15) is 22.3 Å². The van der Waals surface area contributed by atoms with E-state index in [9.17, 15) is 9.59 Å². The quantitative estimate of drug-likeness (QED) is 0.595.